The second-order valence-electron chi connectivity index (χ2n) is 10.9. The lowest BCUT2D eigenvalue weighted by Crippen LogP contribution is -2.54. The van der Waals surface area contributed by atoms with Gasteiger partial charge in [-0.05, 0) is 55.2 Å². The molecular weight excluding hydrogens is 589 g/mol. The summed E-state index contributed by atoms with van der Waals surface area (Å²) in [6, 6.07) is 29.1. The number of nitrogens with one attached hydrogen (secondary N) is 1. The van der Waals surface area contributed by atoms with Crippen molar-refractivity contribution >= 4 is 27.5 Å². The van der Waals surface area contributed by atoms with Gasteiger partial charge in [0.2, 0.25) is 11.8 Å². The van der Waals surface area contributed by atoms with Gasteiger partial charge in [0.1, 0.15) is 18.4 Å². The van der Waals surface area contributed by atoms with Crippen LogP contribution in [-0.4, -0.2) is 43.8 Å². The Bertz CT molecular complexity index is 1680. The predicted octanol–water partition coefficient (Wildman–Crippen LogP) is 6.14. The zero-order valence-corrected chi connectivity index (χ0v) is 26.7. The fourth-order valence-electron chi connectivity index (χ4n) is 5.09. The zero-order chi connectivity index (χ0) is 32.4. The van der Waals surface area contributed by atoms with Crippen molar-refractivity contribution in [1.29, 1.82) is 0 Å². The van der Waals surface area contributed by atoms with Crippen LogP contribution < -0.4 is 9.62 Å². The summed E-state index contributed by atoms with van der Waals surface area (Å²) in [4.78, 5) is 29.7. The summed E-state index contributed by atoms with van der Waals surface area (Å²) in [5.74, 6) is -1.56. The van der Waals surface area contributed by atoms with E-state index >= 15 is 4.39 Å². The quantitative estimate of drug-likeness (QED) is 0.182. The Morgan fingerprint density at radius 1 is 0.800 bits per heavy atom. The lowest BCUT2D eigenvalue weighted by molar-refractivity contribution is -0.140. The standard InChI is InChI=1S/C36H40FN3O4S/c1-4-27(3)38-36(42)34(24-28-16-8-6-9-17-28)39(25-30-19-12-14-22-32(30)37)35(41)26-40(33-23-15-13-18-29(33)5-2)45(43,44)31-20-10-7-11-21-31/h6-23,27,34H,4-5,24-26H2,1-3H3,(H,38,42)/t27-,34-/m0/s1. The van der Waals surface area contributed by atoms with Crippen molar-refractivity contribution in [3.63, 3.8) is 0 Å². The van der Waals surface area contributed by atoms with Crippen LogP contribution in [0.2, 0.25) is 0 Å². The summed E-state index contributed by atoms with van der Waals surface area (Å²) in [6.45, 7) is 4.90. The first-order valence-corrected chi connectivity index (χ1v) is 16.6. The van der Waals surface area contributed by atoms with Crippen molar-refractivity contribution in [2.75, 3.05) is 10.8 Å². The molecule has 4 aromatic carbocycles. The van der Waals surface area contributed by atoms with E-state index < -0.39 is 40.2 Å². The van der Waals surface area contributed by atoms with Gasteiger partial charge in [0.15, 0.2) is 0 Å². The molecule has 0 radical (unpaired) electrons. The van der Waals surface area contributed by atoms with Gasteiger partial charge in [-0.15, -0.1) is 0 Å². The van der Waals surface area contributed by atoms with E-state index in [-0.39, 0.29) is 29.5 Å². The highest BCUT2D eigenvalue weighted by molar-refractivity contribution is 7.92. The predicted molar refractivity (Wildman–Crippen MR) is 176 cm³/mol. The van der Waals surface area contributed by atoms with Crippen LogP contribution in [0.5, 0.6) is 0 Å². The molecule has 0 bridgehead atoms. The van der Waals surface area contributed by atoms with Crippen LogP contribution in [0.15, 0.2) is 114 Å². The first kappa shape index (κ1) is 33.4. The van der Waals surface area contributed by atoms with Gasteiger partial charge in [-0.1, -0.05) is 98.8 Å². The molecule has 0 saturated heterocycles. The third kappa shape index (κ3) is 8.36. The fourth-order valence-corrected chi connectivity index (χ4v) is 6.56. The molecule has 1 N–H and O–H groups in total. The number of hydrogen-bond donors (Lipinski definition) is 1. The van der Waals surface area contributed by atoms with Gasteiger partial charge >= 0.3 is 0 Å². The van der Waals surface area contributed by atoms with E-state index in [2.05, 4.69) is 5.32 Å². The van der Waals surface area contributed by atoms with Gasteiger partial charge in [-0.3, -0.25) is 13.9 Å². The number of para-hydroxylation sites is 1. The molecule has 0 aliphatic heterocycles. The first-order valence-electron chi connectivity index (χ1n) is 15.2. The van der Waals surface area contributed by atoms with Crippen molar-refractivity contribution in [3.8, 4) is 0 Å². The number of benzene rings is 4. The molecule has 236 valence electrons. The van der Waals surface area contributed by atoms with Gasteiger partial charge in [0.25, 0.3) is 10.0 Å². The maximum Gasteiger partial charge on any atom is 0.264 e. The van der Waals surface area contributed by atoms with Crippen LogP contribution in [0.4, 0.5) is 10.1 Å². The van der Waals surface area contributed by atoms with Crippen LogP contribution in [0.3, 0.4) is 0 Å². The number of halogens is 1. The summed E-state index contributed by atoms with van der Waals surface area (Å²) in [7, 11) is -4.21. The minimum Gasteiger partial charge on any atom is -0.352 e. The molecule has 45 heavy (non-hydrogen) atoms. The monoisotopic (exact) mass is 629 g/mol. The Kier molecular flexibility index (Phi) is 11.5. The molecule has 0 saturated carbocycles. The van der Waals surface area contributed by atoms with Crippen LogP contribution >= 0.6 is 0 Å². The Morgan fingerprint density at radius 2 is 1.38 bits per heavy atom. The van der Waals surface area contributed by atoms with E-state index in [1.165, 1.54) is 23.1 Å². The van der Waals surface area contributed by atoms with Crippen molar-refractivity contribution in [3.05, 3.63) is 132 Å². The summed E-state index contributed by atoms with van der Waals surface area (Å²) in [6.07, 6.45) is 1.35. The normalized spacial score (nSPS) is 12.6. The van der Waals surface area contributed by atoms with Crippen LogP contribution in [-0.2, 0) is 39.0 Å². The molecule has 0 aliphatic rings. The molecule has 4 rings (SSSR count). The van der Waals surface area contributed by atoms with E-state index in [1.54, 1.807) is 48.5 Å². The highest BCUT2D eigenvalue weighted by Gasteiger charge is 2.35. The van der Waals surface area contributed by atoms with Crippen LogP contribution in [0.25, 0.3) is 0 Å². The summed E-state index contributed by atoms with van der Waals surface area (Å²) in [5, 5.41) is 2.99. The molecule has 0 aliphatic carbocycles. The van der Waals surface area contributed by atoms with Gasteiger partial charge in [-0.2, -0.15) is 0 Å². The number of anilines is 1. The van der Waals surface area contributed by atoms with E-state index in [4.69, 9.17) is 0 Å². The lowest BCUT2D eigenvalue weighted by atomic mass is 10.0. The number of hydrogen-bond acceptors (Lipinski definition) is 4. The number of carbonyl (C=O) groups excluding carboxylic acids is 2. The SMILES string of the molecule is CCc1ccccc1N(CC(=O)N(Cc1ccccc1F)[C@@H](Cc1ccccc1)C(=O)N[C@@H](C)CC)S(=O)(=O)c1ccccc1. The number of aryl methyl sites for hydroxylation is 1. The lowest BCUT2D eigenvalue weighted by Gasteiger charge is -2.34. The van der Waals surface area contributed by atoms with Gasteiger partial charge in [0.05, 0.1) is 10.6 Å². The van der Waals surface area contributed by atoms with Crippen molar-refractivity contribution in [2.45, 2.75) is 63.6 Å². The molecule has 7 nitrogen and oxygen atoms in total. The third-order valence-electron chi connectivity index (χ3n) is 7.82. The molecule has 0 spiro atoms. The number of sulfonamides is 1. The highest BCUT2D eigenvalue weighted by Crippen LogP contribution is 2.28. The maximum absolute atomic E-state index is 15.1. The van der Waals surface area contributed by atoms with E-state index in [0.29, 0.717) is 18.5 Å². The smallest absolute Gasteiger partial charge is 0.264 e. The van der Waals surface area contributed by atoms with Crippen molar-refractivity contribution in [2.24, 2.45) is 0 Å². The van der Waals surface area contributed by atoms with Gasteiger partial charge in [0, 0.05) is 24.6 Å². The van der Waals surface area contributed by atoms with Crippen molar-refractivity contribution in [1.82, 2.24) is 10.2 Å². The molecule has 0 heterocycles. The first-order chi connectivity index (χ1) is 21.6. The minimum absolute atomic E-state index is 0.0275. The second-order valence-corrected chi connectivity index (χ2v) is 12.8. The van der Waals surface area contributed by atoms with Gasteiger partial charge < -0.3 is 10.2 Å². The molecular formula is C36H40FN3O4S. The fraction of sp³-hybridized carbons (Fsp3) is 0.278. The summed E-state index contributed by atoms with van der Waals surface area (Å²) in [5.41, 5.74) is 2.12. The van der Waals surface area contributed by atoms with Crippen LogP contribution in [0, 0.1) is 5.82 Å². The Morgan fingerprint density at radius 3 is 2.00 bits per heavy atom. The van der Waals surface area contributed by atoms with E-state index in [0.717, 1.165) is 15.4 Å². The Hall–Kier alpha value is -4.50. The number of carbonyl (C=O) groups is 2. The maximum atomic E-state index is 15.1. The average Bonchev–Trinajstić information content (AvgIpc) is 3.06. The number of amides is 2. The molecule has 0 aromatic heterocycles. The molecule has 2 amide bonds. The van der Waals surface area contributed by atoms with Gasteiger partial charge in [-0.25, -0.2) is 12.8 Å². The van der Waals surface area contributed by atoms with E-state index in [1.807, 2.05) is 63.2 Å². The summed E-state index contributed by atoms with van der Waals surface area (Å²) < 4.78 is 44.5. The molecule has 2 atom stereocenters. The van der Waals surface area contributed by atoms with Crippen LogP contribution in [0.1, 0.15) is 43.9 Å². The average molecular weight is 630 g/mol. The number of rotatable bonds is 14. The molecule has 4 aromatic rings. The van der Waals surface area contributed by atoms with E-state index in [9.17, 15) is 18.0 Å². The largest absolute Gasteiger partial charge is 0.352 e. The summed E-state index contributed by atoms with van der Waals surface area (Å²) >= 11 is 0. The molecule has 9 heteroatoms. The Labute approximate surface area is 265 Å². The highest BCUT2D eigenvalue weighted by atomic mass is 32.2. The second kappa shape index (κ2) is 15.5. The molecule has 0 fully saturated rings. The Balaban J connectivity index is 1.84. The van der Waals surface area contributed by atoms with Crippen molar-refractivity contribution < 1.29 is 22.4 Å². The number of nitrogens with zero attached hydrogens (tertiary/aromatic N) is 2. The topological polar surface area (TPSA) is 86.8 Å². The third-order valence-corrected chi connectivity index (χ3v) is 9.60. The molecule has 0 unspecified atom stereocenters. The minimum atomic E-state index is -4.21. The zero-order valence-electron chi connectivity index (χ0n) is 25.9.